The molecule has 1 aromatic carbocycles. The summed E-state index contributed by atoms with van der Waals surface area (Å²) in [6, 6.07) is 9.56. The lowest BCUT2D eigenvalue weighted by Gasteiger charge is -2.16. The molecule has 0 radical (unpaired) electrons. The first-order valence-corrected chi connectivity index (χ1v) is 8.14. The number of carbonyl (C=O) groups is 1. The number of fused-ring (bicyclic) bond motifs is 1. The quantitative estimate of drug-likeness (QED) is 0.943. The lowest BCUT2D eigenvalue weighted by atomic mass is 10.1. The number of hydrogen-bond donors (Lipinski definition) is 1. The largest absolute Gasteiger partial charge is 0.348 e. The van der Waals surface area contributed by atoms with Crippen LogP contribution in [0.25, 0.3) is 10.8 Å². The summed E-state index contributed by atoms with van der Waals surface area (Å²) >= 11 is 0. The maximum absolute atomic E-state index is 12.7. The van der Waals surface area contributed by atoms with Gasteiger partial charge >= 0.3 is 0 Å². The molecule has 2 aromatic rings. The standard InChI is InChI=1S/C18H22N2O2/c1-2-11-20-16(17(21)19-14-8-4-5-9-14)12-13-7-3-6-10-15(13)18(20)22/h3,6-7,10,12,14H,2,4-5,8-9,11H2,1H3,(H,19,21). The number of nitrogens with zero attached hydrogens (tertiary/aromatic N) is 1. The number of rotatable bonds is 4. The predicted molar refractivity (Wildman–Crippen MR) is 88.2 cm³/mol. The van der Waals surface area contributed by atoms with Crippen LogP contribution in [-0.4, -0.2) is 16.5 Å². The molecular formula is C18H22N2O2. The van der Waals surface area contributed by atoms with E-state index in [-0.39, 0.29) is 17.5 Å². The molecule has 22 heavy (non-hydrogen) atoms. The summed E-state index contributed by atoms with van der Waals surface area (Å²) in [5.41, 5.74) is 0.411. The van der Waals surface area contributed by atoms with Crippen LogP contribution in [0.3, 0.4) is 0 Å². The molecule has 4 heteroatoms. The summed E-state index contributed by atoms with van der Waals surface area (Å²) in [6.45, 7) is 2.58. The van der Waals surface area contributed by atoms with E-state index in [1.807, 2.05) is 37.3 Å². The van der Waals surface area contributed by atoms with Gasteiger partial charge in [0.15, 0.2) is 0 Å². The molecule has 1 amide bonds. The lowest BCUT2D eigenvalue weighted by molar-refractivity contribution is 0.0927. The molecule has 0 unspecified atom stereocenters. The van der Waals surface area contributed by atoms with Crippen molar-refractivity contribution in [2.24, 2.45) is 0 Å². The molecule has 0 atom stereocenters. The van der Waals surface area contributed by atoms with Crippen LogP contribution in [-0.2, 0) is 6.54 Å². The minimum absolute atomic E-state index is 0.0727. The Morgan fingerprint density at radius 1 is 1.27 bits per heavy atom. The third-order valence-electron chi connectivity index (χ3n) is 4.39. The van der Waals surface area contributed by atoms with Gasteiger partial charge in [-0.2, -0.15) is 0 Å². The Morgan fingerprint density at radius 2 is 2.00 bits per heavy atom. The van der Waals surface area contributed by atoms with Crippen LogP contribution in [0.15, 0.2) is 35.1 Å². The average molecular weight is 298 g/mol. The Labute approximate surface area is 130 Å². The molecule has 0 spiro atoms. The van der Waals surface area contributed by atoms with Crippen LogP contribution in [0.4, 0.5) is 0 Å². The zero-order chi connectivity index (χ0) is 15.5. The second-order valence-electron chi connectivity index (χ2n) is 6.03. The van der Waals surface area contributed by atoms with Gasteiger partial charge in [-0.25, -0.2) is 0 Å². The second kappa shape index (κ2) is 6.34. The van der Waals surface area contributed by atoms with Crippen LogP contribution in [0.1, 0.15) is 49.5 Å². The first-order chi connectivity index (χ1) is 10.7. The highest BCUT2D eigenvalue weighted by Gasteiger charge is 2.20. The lowest BCUT2D eigenvalue weighted by Crippen LogP contribution is -2.37. The topological polar surface area (TPSA) is 51.1 Å². The van der Waals surface area contributed by atoms with Crippen molar-refractivity contribution in [1.29, 1.82) is 0 Å². The number of hydrogen-bond acceptors (Lipinski definition) is 2. The third kappa shape index (κ3) is 2.78. The van der Waals surface area contributed by atoms with E-state index >= 15 is 0 Å². The summed E-state index contributed by atoms with van der Waals surface area (Å²) in [4.78, 5) is 25.3. The summed E-state index contributed by atoms with van der Waals surface area (Å²) < 4.78 is 1.62. The van der Waals surface area contributed by atoms with E-state index in [2.05, 4.69) is 5.32 Å². The van der Waals surface area contributed by atoms with Crippen molar-refractivity contribution in [1.82, 2.24) is 9.88 Å². The van der Waals surface area contributed by atoms with Crippen molar-refractivity contribution in [3.63, 3.8) is 0 Å². The highest BCUT2D eigenvalue weighted by molar-refractivity contribution is 5.96. The zero-order valence-corrected chi connectivity index (χ0v) is 13.0. The molecule has 0 bridgehead atoms. The Morgan fingerprint density at radius 3 is 2.73 bits per heavy atom. The van der Waals surface area contributed by atoms with Crippen molar-refractivity contribution in [3.05, 3.63) is 46.4 Å². The van der Waals surface area contributed by atoms with Gasteiger partial charge < -0.3 is 9.88 Å². The van der Waals surface area contributed by atoms with Crippen LogP contribution in [0, 0.1) is 0 Å². The number of pyridine rings is 1. The van der Waals surface area contributed by atoms with Gasteiger partial charge in [-0.05, 0) is 36.8 Å². The van der Waals surface area contributed by atoms with E-state index in [1.54, 1.807) is 4.57 Å². The highest BCUT2D eigenvalue weighted by Crippen LogP contribution is 2.19. The van der Waals surface area contributed by atoms with Gasteiger partial charge in [0, 0.05) is 18.0 Å². The molecule has 1 aliphatic carbocycles. The smallest absolute Gasteiger partial charge is 0.268 e. The van der Waals surface area contributed by atoms with E-state index in [9.17, 15) is 9.59 Å². The third-order valence-corrected chi connectivity index (χ3v) is 4.39. The number of aromatic nitrogens is 1. The summed E-state index contributed by atoms with van der Waals surface area (Å²) in [7, 11) is 0. The number of carbonyl (C=O) groups excluding carboxylic acids is 1. The monoisotopic (exact) mass is 298 g/mol. The van der Waals surface area contributed by atoms with E-state index in [0.717, 1.165) is 24.6 Å². The van der Waals surface area contributed by atoms with Gasteiger partial charge in [0.25, 0.3) is 11.5 Å². The van der Waals surface area contributed by atoms with Crippen molar-refractivity contribution >= 4 is 16.7 Å². The minimum atomic E-state index is -0.122. The molecule has 0 aliphatic heterocycles. The first-order valence-electron chi connectivity index (χ1n) is 8.14. The summed E-state index contributed by atoms with van der Waals surface area (Å²) in [6.07, 6.45) is 5.24. The normalized spacial score (nSPS) is 15.3. The van der Waals surface area contributed by atoms with Crippen LogP contribution >= 0.6 is 0 Å². The van der Waals surface area contributed by atoms with Crippen LogP contribution in [0.2, 0.25) is 0 Å². The maximum atomic E-state index is 12.7. The summed E-state index contributed by atoms with van der Waals surface area (Å²) in [5, 5.41) is 4.59. The van der Waals surface area contributed by atoms with Crippen molar-refractivity contribution in [3.8, 4) is 0 Å². The van der Waals surface area contributed by atoms with Gasteiger partial charge in [-0.3, -0.25) is 9.59 Å². The number of benzene rings is 1. The molecular weight excluding hydrogens is 276 g/mol. The molecule has 1 saturated carbocycles. The van der Waals surface area contributed by atoms with Crippen LogP contribution < -0.4 is 10.9 Å². The van der Waals surface area contributed by atoms with E-state index in [4.69, 9.17) is 0 Å². The Balaban J connectivity index is 2.04. The molecule has 4 nitrogen and oxygen atoms in total. The Bertz CT molecular complexity index is 742. The van der Waals surface area contributed by atoms with E-state index in [1.165, 1.54) is 12.8 Å². The maximum Gasteiger partial charge on any atom is 0.268 e. The SMILES string of the molecule is CCCn1c(C(=O)NC2CCCC2)cc2ccccc2c1=O. The van der Waals surface area contributed by atoms with Gasteiger partial charge in [0.05, 0.1) is 0 Å². The Hall–Kier alpha value is -2.10. The molecule has 0 saturated heterocycles. The second-order valence-corrected chi connectivity index (χ2v) is 6.03. The van der Waals surface area contributed by atoms with Gasteiger partial charge in [-0.1, -0.05) is 38.0 Å². The van der Waals surface area contributed by atoms with Gasteiger partial charge in [0.2, 0.25) is 0 Å². The zero-order valence-electron chi connectivity index (χ0n) is 13.0. The van der Waals surface area contributed by atoms with Crippen molar-refractivity contribution in [2.45, 2.75) is 51.6 Å². The van der Waals surface area contributed by atoms with E-state index < -0.39 is 0 Å². The molecule has 1 aliphatic rings. The predicted octanol–water partition coefficient (Wildman–Crippen LogP) is 3.08. The van der Waals surface area contributed by atoms with Crippen molar-refractivity contribution in [2.75, 3.05) is 0 Å². The average Bonchev–Trinajstić information content (AvgIpc) is 3.03. The molecule has 116 valence electrons. The first kappa shape index (κ1) is 14.8. The molecule has 1 aromatic heterocycles. The number of amides is 1. The molecule has 1 heterocycles. The van der Waals surface area contributed by atoms with Gasteiger partial charge in [-0.15, -0.1) is 0 Å². The fraction of sp³-hybridized carbons (Fsp3) is 0.444. The molecule has 1 fully saturated rings. The van der Waals surface area contributed by atoms with E-state index in [0.29, 0.717) is 17.6 Å². The van der Waals surface area contributed by atoms with Crippen molar-refractivity contribution < 1.29 is 4.79 Å². The molecule has 3 rings (SSSR count). The summed E-state index contributed by atoms with van der Waals surface area (Å²) in [5.74, 6) is -0.122. The van der Waals surface area contributed by atoms with Crippen LogP contribution in [0.5, 0.6) is 0 Å². The fourth-order valence-electron chi connectivity index (χ4n) is 3.26. The van der Waals surface area contributed by atoms with Gasteiger partial charge in [0.1, 0.15) is 5.69 Å². The Kier molecular flexibility index (Phi) is 4.27. The molecule has 1 N–H and O–H groups in total. The minimum Gasteiger partial charge on any atom is -0.348 e. The fourth-order valence-corrected chi connectivity index (χ4v) is 3.26. The highest BCUT2D eigenvalue weighted by atomic mass is 16.2. The number of nitrogens with one attached hydrogen (secondary N) is 1.